The summed E-state index contributed by atoms with van der Waals surface area (Å²) in [5.74, 6) is 1.64. The van der Waals surface area contributed by atoms with Crippen molar-refractivity contribution < 1.29 is 4.42 Å². The smallest absolute Gasteiger partial charge is 0.167 e. The molecule has 4 heterocycles. The van der Waals surface area contributed by atoms with Crippen LogP contribution >= 0.6 is 11.3 Å². The van der Waals surface area contributed by atoms with Crippen LogP contribution in [0.2, 0.25) is 0 Å². The molecule has 0 N–H and O–H groups in total. The fourth-order valence-electron chi connectivity index (χ4n) is 8.59. The molecule has 0 amide bonds. The largest absolute Gasteiger partial charge is 0.455 e. The van der Waals surface area contributed by atoms with Gasteiger partial charge in [-0.3, -0.25) is 0 Å². The maximum absolute atomic E-state index is 6.59. The van der Waals surface area contributed by atoms with Gasteiger partial charge in [-0.25, -0.2) is 15.0 Å². The molecule has 0 aliphatic carbocycles. The van der Waals surface area contributed by atoms with Crippen molar-refractivity contribution in [2.24, 2.45) is 0 Å². The Kier molecular flexibility index (Phi) is 8.20. The molecule has 0 saturated heterocycles. The lowest BCUT2D eigenvalue weighted by Gasteiger charge is -2.15. The Bertz CT molecular complexity index is 3610. The van der Waals surface area contributed by atoms with E-state index in [1.165, 1.54) is 26.6 Å². The molecule has 0 fully saturated rings. The number of allylic oxidation sites excluding steroid dienone is 1. The number of fused-ring (bicyclic) bond motifs is 7. The van der Waals surface area contributed by atoms with E-state index in [1.54, 1.807) is 11.3 Å². The van der Waals surface area contributed by atoms with E-state index in [1.807, 2.05) is 31.2 Å². The van der Waals surface area contributed by atoms with Crippen molar-refractivity contribution in [1.29, 1.82) is 0 Å². The van der Waals surface area contributed by atoms with Crippen molar-refractivity contribution in [2.75, 3.05) is 0 Å². The van der Waals surface area contributed by atoms with Gasteiger partial charge in [-0.15, -0.1) is 11.3 Å². The third kappa shape index (κ3) is 5.64. The molecule has 0 aliphatic rings. The van der Waals surface area contributed by atoms with Crippen LogP contribution in [0.4, 0.5) is 0 Å². The van der Waals surface area contributed by atoms with Crippen LogP contribution in [0.15, 0.2) is 180 Å². The first-order valence-electron chi connectivity index (χ1n) is 19.8. The second kappa shape index (κ2) is 13.9. The number of nitrogens with zero attached hydrogens (tertiary/aromatic N) is 4. The highest BCUT2D eigenvalue weighted by Crippen LogP contribution is 2.39. The summed E-state index contributed by atoms with van der Waals surface area (Å²) in [4.78, 5) is 16.1. The molecule has 7 aromatic carbocycles. The average Bonchev–Trinajstić information content (AvgIpc) is 3.96. The maximum atomic E-state index is 6.59. The van der Waals surface area contributed by atoms with E-state index in [9.17, 15) is 0 Å². The minimum Gasteiger partial charge on any atom is -0.455 e. The Morgan fingerprint density at radius 1 is 0.593 bits per heavy atom. The van der Waals surface area contributed by atoms with E-state index in [-0.39, 0.29) is 0 Å². The molecule has 6 heteroatoms. The van der Waals surface area contributed by atoms with Gasteiger partial charge in [0.2, 0.25) is 0 Å². The lowest BCUT2D eigenvalue weighted by Crippen LogP contribution is -2.24. The van der Waals surface area contributed by atoms with Crippen LogP contribution in [0.25, 0.3) is 105 Å². The summed E-state index contributed by atoms with van der Waals surface area (Å²) in [7, 11) is 0. The second-order valence-electron chi connectivity index (χ2n) is 14.8. The lowest BCUT2D eigenvalue weighted by atomic mass is 10.0. The summed E-state index contributed by atoms with van der Waals surface area (Å²) in [6.45, 7) is 8.67. The number of thiophene rings is 1. The average molecular weight is 777 g/mol. The quantitative estimate of drug-likeness (QED) is 0.169. The number of rotatable bonds is 6. The second-order valence-corrected chi connectivity index (χ2v) is 15.9. The molecule has 0 radical (unpaired) electrons. The molecular formula is C53H36N4OS. The predicted molar refractivity (Wildman–Crippen MR) is 246 cm³/mol. The Morgan fingerprint density at radius 3 is 2.08 bits per heavy atom. The monoisotopic (exact) mass is 776 g/mol. The molecule has 0 atom stereocenters. The highest BCUT2D eigenvalue weighted by Gasteiger charge is 2.23. The minimum absolute atomic E-state index is 0.527. The standard InChI is InChI=1S/C53H36N4OS/c1-4-46-49(39-22-11-15-28-47(39)59-46)48(32(2)3)53-55-51(54-52(56-53)40-24-16-23-37-36-20-10-14-27-45(36)58-50(37)40)38-21-9-13-26-43(38)57-42-25-12-8-19-35(42)41-31-34(29-30-44(41)57)33-17-6-5-7-18-33/h4-31H,2H2,1,3H3/b46-4+,49-48+. The highest BCUT2D eigenvalue weighted by molar-refractivity contribution is 7.17. The first kappa shape index (κ1) is 34.8. The van der Waals surface area contributed by atoms with E-state index >= 15 is 0 Å². The summed E-state index contributed by atoms with van der Waals surface area (Å²) in [5.41, 5.74) is 10.5. The summed E-state index contributed by atoms with van der Waals surface area (Å²) < 4.78 is 11.3. The Hall–Kier alpha value is -7.41. The molecule has 5 nitrogen and oxygen atoms in total. The number of hydrogen-bond acceptors (Lipinski definition) is 5. The van der Waals surface area contributed by atoms with Crippen LogP contribution in [-0.2, 0) is 0 Å². The number of furan rings is 1. The van der Waals surface area contributed by atoms with Gasteiger partial charge in [0, 0.05) is 52.5 Å². The summed E-state index contributed by atoms with van der Waals surface area (Å²) in [6.07, 6.45) is 2.17. The molecule has 0 aliphatic heterocycles. The topological polar surface area (TPSA) is 56.7 Å². The summed E-state index contributed by atoms with van der Waals surface area (Å²) >= 11 is 1.77. The third-order valence-electron chi connectivity index (χ3n) is 11.2. The van der Waals surface area contributed by atoms with Crippen LogP contribution in [-0.4, -0.2) is 19.5 Å². The molecular weight excluding hydrogens is 741 g/mol. The van der Waals surface area contributed by atoms with E-state index in [4.69, 9.17) is 19.4 Å². The SMILES string of the molecule is C=C(C)/C(c1nc(-c2ccccc2-n2c3ccccc3c3cc(-c4ccccc4)ccc32)nc(-c2cccc3c2oc2ccccc23)n1)=c1\c(=C/C)sc2ccccc12. The zero-order chi connectivity index (χ0) is 39.6. The number of benzene rings is 7. The number of hydrogen-bond donors (Lipinski definition) is 0. The van der Waals surface area contributed by atoms with E-state index in [2.05, 4.69) is 164 Å². The van der Waals surface area contributed by atoms with Gasteiger partial charge in [-0.1, -0.05) is 128 Å². The van der Waals surface area contributed by atoms with Gasteiger partial charge in [-0.05, 0) is 79.1 Å². The zero-order valence-electron chi connectivity index (χ0n) is 32.5. The molecule has 11 rings (SSSR count). The van der Waals surface area contributed by atoms with Gasteiger partial charge in [0.1, 0.15) is 11.2 Å². The fraction of sp³-hybridized carbons (Fsp3) is 0.0377. The maximum Gasteiger partial charge on any atom is 0.167 e. The van der Waals surface area contributed by atoms with Gasteiger partial charge in [0.25, 0.3) is 0 Å². The van der Waals surface area contributed by atoms with E-state index in [0.717, 1.165) is 76.1 Å². The zero-order valence-corrected chi connectivity index (χ0v) is 33.3. The van der Waals surface area contributed by atoms with Crippen LogP contribution in [0, 0.1) is 0 Å². The normalized spacial score (nSPS) is 12.7. The van der Waals surface area contributed by atoms with E-state index in [0.29, 0.717) is 17.5 Å². The van der Waals surface area contributed by atoms with Crippen molar-refractivity contribution in [1.82, 2.24) is 19.5 Å². The highest BCUT2D eigenvalue weighted by atomic mass is 32.1. The molecule has 0 unspecified atom stereocenters. The molecule has 0 spiro atoms. The predicted octanol–water partition coefficient (Wildman–Crippen LogP) is 12.7. The van der Waals surface area contributed by atoms with Crippen molar-refractivity contribution in [3.8, 4) is 39.6 Å². The molecule has 59 heavy (non-hydrogen) atoms. The molecule has 4 aromatic heterocycles. The third-order valence-corrected chi connectivity index (χ3v) is 12.5. The van der Waals surface area contributed by atoms with Gasteiger partial charge < -0.3 is 8.98 Å². The number of aromatic nitrogens is 4. The first-order valence-corrected chi connectivity index (χ1v) is 20.6. The van der Waals surface area contributed by atoms with Crippen molar-refractivity contribution in [3.63, 3.8) is 0 Å². The Morgan fingerprint density at radius 2 is 1.25 bits per heavy atom. The molecule has 0 bridgehead atoms. The molecule has 0 saturated carbocycles. The van der Waals surface area contributed by atoms with Crippen molar-refractivity contribution in [2.45, 2.75) is 13.8 Å². The molecule has 280 valence electrons. The van der Waals surface area contributed by atoms with Gasteiger partial charge >= 0.3 is 0 Å². The summed E-state index contributed by atoms with van der Waals surface area (Å²) in [6, 6.07) is 57.2. The Labute approximate surface area is 344 Å². The van der Waals surface area contributed by atoms with Crippen molar-refractivity contribution >= 4 is 76.8 Å². The van der Waals surface area contributed by atoms with Gasteiger partial charge in [0.15, 0.2) is 17.5 Å². The molecule has 11 aromatic rings. The first-order chi connectivity index (χ1) is 29.1. The van der Waals surface area contributed by atoms with Gasteiger partial charge in [-0.2, -0.15) is 0 Å². The van der Waals surface area contributed by atoms with Crippen LogP contribution in [0.1, 0.15) is 19.7 Å². The minimum atomic E-state index is 0.527. The van der Waals surface area contributed by atoms with Crippen LogP contribution in [0.3, 0.4) is 0 Å². The van der Waals surface area contributed by atoms with Crippen molar-refractivity contribution in [3.05, 3.63) is 192 Å². The van der Waals surface area contributed by atoms with Gasteiger partial charge in [0.05, 0.1) is 22.3 Å². The lowest BCUT2D eigenvalue weighted by molar-refractivity contribution is 0.669. The Balaban J connectivity index is 1.22. The van der Waals surface area contributed by atoms with Crippen LogP contribution < -0.4 is 9.75 Å². The van der Waals surface area contributed by atoms with Crippen LogP contribution in [0.5, 0.6) is 0 Å². The summed E-state index contributed by atoms with van der Waals surface area (Å²) in [5, 5.41) is 6.64. The number of para-hydroxylation sites is 4. The van der Waals surface area contributed by atoms with E-state index < -0.39 is 0 Å². The fourth-order valence-corrected chi connectivity index (χ4v) is 9.69.